The maximum Gasteiger partial charge on any atom is 0.328 e. The molecular weight excluding hydrogens is 238 g/mol. The fourth-order valence-electron chi connectivity index (χ4n) is 3.71. The van der Waals surface area contributed by atoms with Crippen molar-refractivity contribution in [2.24, 2.45) is 0 Å². The van der Waals surface area contributed by atoms with Crippen LogP contribution in [-0.2, 0) is 10.2 Å². The van der Waals surface area contributed by atoms with Gasteiger partial charge in [-0.2, -0.15) is 0 Å². The normalized spacial score (nSPS) is 22.7. The van der Waals surface area contributed by atoms with Gasteiger partial charge in [0.05, 0.1) is 0 Å². The van der Waals surface area contributed by atoms with Crippen LogP contribution >= 0.6 is 0 Å². The third-order valence-corrected chi connectivity index (χ3v) is 4.55. The van der Waals surface area contributed by atoms with Gasteiger partial charge in [-0.1, -0.05) is 18.2 Å². The Morgan fingerprint density at radius 2 is 2.11 bits per heavy atom. The molecule has 1 aromatic rings. The molecule has 2 aliphatic rings. The fourth-order valence-corrected chi connectivity index (χ4v) is 3.71. The van der Waals surface area contributed by atoms with E-state index in [0.29, 0.717) is 0 Å². The average molecular weight is 257 g/mol. The van der Waals surface area contributed by atoms with Gasteiger partial charge in [0.15, 0.2) is 0 Å². The number of rotatable bonds is 1. The Bertz CT molecular complexity index is 554. The van der Waals surface area contributed by atoms with Crippen LogP contribution in [0.4, 0.5) is 0 Å². The number of aliphatic carboxylic acids is 1. The molecule has 0 saturated carbocycles. The van der Waals surface area contributed by atoms with Gasteiger partial charge in [0, 0.05) is 11.5 Å². The summed E-state index contributed by atoms with van der Waals surface area (Å²) < 4.78 is 0. The highest BCUT2D eigenvalue weighted by atomic mass is 16.4. The quantitative estimate of drug-likeness (QED) is 0.760. The Balaban J connectivity index is 2.15. The van der Waals surface area contributed by atoms with Crippen molar-refractivity contribution in [3.05, 3.63) is 41.0 Å². The highest BCUT2D eigenvalue weighted by Crippen LogP contribution is 2.51. The number of carboxylic acid groups (broad SMARTS) is 1. The number of benzene rings is 1. The molecule has 0 atom stereocenters. The molecule has 3 nitrogen and oxygen atoms in total. The maximum atomic E-state index is 11.1. The van der Waals surface area contributed by atoms with E-state index in [9.17, 15) is 4.79 Å². The van der Waals surface area contributed by atoms with E-state index in [0.717, 1.165) is 37.9 Å². The van der Waals surface area contributed by atoms with Crippen LogP contribution in [0.25, 0.3) is 5.57 Å². The van der Waals surface area contributed by atoms with Gasteiger partial charge in [-0.25, -0.2) is 4.79 Å². The molecule has 0 amide bonds. The molecule has 19 heavy (non-hydrogen) atoms. The number of carbonyl (C=O) groups is 1. The van der Waals surface area contributed by atoms with Crippen LogP contribution in [0.3, 0.4) is 0 Å². The van der Waals surface area contributed by atoms with Crippen molar-refractivity contribution in [3.8, 4) is 0 Å². The van der Waals surface area contributed by atoms with Crippen molar-refractivity contribution in [3.63, 3.8) is 0 Å². The van der Waals surface area contributed by atoms with E-state index in [1.54, 1.807) is 0 Å². The van der Waals surface area contributed by atoms with Gasteiger partial charge in [0.25, 0.3) is 0 Å². The van der Waals surface area contributed by atoms with Crippen molar-refractivity contribution in [1.29, 1.82) is 0 Å². The fraction of sp³-hybridized carbons (Fsp3) is 0.438. The van der Waals surface area contributed by atoms with E-state index in [4.69, 9.17) is 5.11 Å². The first-order valence-electron chi connectivity index (χ1n) is 6.87. The van der Waals surface area contributed by atoms with Crippen LogP contribution in [0.15, 0.2) is 24.3 Å². The Labute approximate surface area is 113 Å². The minimum absolute atomic E-state index is 0.161. The number of aryl methyl sites for hydroxylation is 1. The number of nitrogens with one attached hydrogen (secondary N) is 1. The smallest absolute Gasteiger partial charge is 0.328 e. The molecule has 2 N–H and O–H groups in total. The van der Waals surface area contributed by atoms with E-state index in [1.165, 1.54) is 22.8 Å². The molecule has 1 aliphatic heterocycles. The Kier molecular flexibility index (Phi) is 2.94. The lowest BCUT2D eigenvalue weighted by molar-refractivity contribution is -0.131. The molecule has 0 unspecified atom stereocenters. The van der Waals surface area contributed by atoms with Crippen molar-refractivity contribution in [2.75, 3.05) is 13.1 Å². The number of hydrogen-bond acceptors (Lipinski definition) is 2. The lowest BCUT2D eigenvalue weighted by atomic mass is 9.74. The molecule has 1 aliphatic carbocycles. The third kappa shape index (κ3) is 1.98. The van der Waals surface area contributed by atoms with E-state index in [-0.39, 0.29) is 5.41 Å². The van der Waals surface area contributed by atoms with Crippen molar-refractivity contribution >= 4 is 11.5 Å². The summed E-state index contributed by atoms with van der Waals surface area (Å²) in [6.45, 7) is 4.12. The predicted octanol–water partition coefficient (Wildman–Crippen LogP) is 2.49. The first-order valence-corrected chi connectivity index (χ1v) is 6.87. The number of fused-ring (bicyclic) bond motifs is 2. The Morgan fingerprint density at radius 3 is 2.79 bits per heavy atom. The van der Waals surface area contributed by atoms with E-state index in [2.05, 4.69) is 30.4 Å². The van der Waals surface area contributed by atoms with Crippen LogP contribution < -0.4 is 5.32 Å². The van der Waals surface area contributed by atoms with Crippen LogP contribution in [0, 0.1) is 6.92 Å². The molecular formula is C16H19NO2. The number of carboxylic acids is 1. The van der Waals surface area contributed by atoms with Crippen LogP contribution in [0.1, 0.15) is 36.0 Å². The molecule has 100 valence electrons. The van der Waals surface area contributed by atoms with Gasteiger partial charge >= 0.3 is 5.97 Å². The van der Waals surface area contributed by atoms with Crippen molar-refractivity contribution in [2.45, 2.75) is 31.6 Å². The number of hydrogen-bond donors (Lipinski definition) is 2. The summed E-state index contributed by atoms with van der Waals surface area (Å²) in [5, 5.41) is 12.5. The van der Waals surface area contributed by atoms with Gasteiger partial charge in [0.2, 0.25) is 0 Å². The zero-order valence-electron chi connectivity index (χ0n) is 11.2. The lowest BCUT2D eigenvalue weighted by Gasteiger charge is -2.34. The standard InChI is InChI=1S/C16H19NO2/c1-11-3-2-4-13-15(11)12(9-14(18)19)10-16(13)5-7-17-8-6-16/h2-4,9,17H,5-8,10H2,1H3,(H,18,19)/b12-9+. The molecule has 1 fully saturated rings. The summed E-state index contributed by atoms with van der Waals surface area (Å²) in [5.74, 6) is -0.838. The number of piperidine rings is 1. The van der Waals surface area contributed by atoms with Gasteiger partial charge in [-0.3, -0.25) is 0 Å². The van der Waals surface area contributed by atoms with Gasteiger partial charge in [-0.05, 0) is 61.5 Å². The van der Waals surface area contributed by atoms with Crippen molar-refractivity contribution in [1.82, 2.24) is 5.32 Å². The molecule has 0 aromatic heterocycles. The van der Waals surface area contributed by atoms with Crippen LogP contribution in [0.5, 0.6) is 0 Å². The van der Waals surface area contributed by atoms with E-state index < -0.39 is 5.97 Å². The summed E-state index contributed by atoms with van der Waals surface area (Å²) in [7, 11) is 0. The Morgan fingerprint density at radius 1 is 1.37 bits per heavy atom. The maximum absolute atomic E-state index is 11.1. The second-order valence-corrected chi connectivity index (χ2v) is 5.71. The third-order valence-electron chi connectivity index (χ3n) is 4.55. The monoisotopic (exact) mass is 257 g/mol. The molecule has 3 heteroatoms. The van der Waals surface area contributed by atoms with E-state index >= 15 is 0 Å². The number of allylic oxidation sites excluding steroid dienone is 1. The highest BCUT2D eigenvalue weighted by molar-refractivity contribution is 5.93. The first kappa shape index (κ1) is 12.4. The largest absolute Gasteiger partial charge is 0.478 e. The summed E-state index contributed by atoms with van der Waals surface area (Å²) in [4.78, 5) is 11.1. The van der Waals surface area contributed by atoms with Gasteiger partial charge in [0.1, 0.15) is 0 Å². The van der Waals surface area contributed by atoms with Gasteiger partial charge in [-0.15, -0.1) is 0 Å². The summed E-state index contributed by atoms with van der Waals surface area (Å²) in [6.07, 6.45) is 4.48. The molecule has 0 bridgehead atoms. The average Bonchev–Trinajstić information content (AvgIpc) is 2.65. The topological polar surface area (TPSA) is 49.3 Å². The molecule has 1 saturated heterocycles. The molecule has 0 radical (unpaired) electrons. The van der Waals surface area contributed by atoms with Gasteiger partial charge < -0.3 is 10.4 Å². The highest BCUT2D eigenvalue weighted by Gasteiger charge is 2.42. The second-order valence-electron chi connectivity index (χ2n) is 5.71. The minimum atomic E-state index is -0.838. The summed E-state index contributed by atoms with van der Waals surface area (Å²) in [5.41, 5.74) is 4.91. The zero-order valence-corrected chi connectivity index (χ0v) is 11.2. The van der Waals surface area contributed by atoms with Crippen LogP contribution in [0.2, 0.25) is 0 Å². The van der Waals surface area contributed by atoms with Crippen molar-refractivity contribution < 1.29 is 9.90 Å². The first-order chi connectivity index (χ1) is 9.12. The SMILES string of the molecule is Cc1cccc2c1/C(=C/C(=O)O)CC21CCNCC1. The zero-order chi connectivity index (χ0) is 13.5. The molecule has 1 spiro atoms. The lowest BCUT2D eigenvalue weighted by Crippen LogP contribution is -2.38. The summed E-state index contributed by atoms with van der Waals surface area (Å²) >= 11 is 0. The Hall–Kier alpha value is -1.61. The summed E-state index contributed by atoms with van der Waals surface area (Å²) in [6, 6.07) is 6.37. The van der Waals surface area contributed by atoms with E-state index in [1.807, 2.05) is 0 Å². The minimum Gasteiger partial charge on any atom is -0.478 e. The molecule has 3 rings (SSSR count). The molecule has 1 heterocycles. The van der Waals surface area contributed by atoms with Crippen LogP contribution in [-0.4, -0.2) is 24.2 Å². The second kappa shape index (κ2) is 4.49. The molecule has 1 aromatic carbocycles. The predicted molar refractivity (Wildman–Crippen MR) is 75.2 cm³/mol.